The molecule has 0 spiro atoms. The van der Waals surface area contributed by atoms with Crippen molar-refractivity contribution in [3.63, 3.8) is 0 Å². The monoisotopic (exact) mass is 475 g/mol. The van der Waals surface area contributed by atoms with Gasteiger partial charge < -0.3 is 20.1 Å². The first-order valence-electron chi connectivity index (χ1n) is 9.68. The second kappa shape index (κ2) is 10.5. The number of rotatable bonds is 4. The largest absolute Gasteiger partial charge is 0.508 e. The van der Waals surface area contributed by atoms with Crippen molar-refractivity contribution in [2.45, 2.75) is 19.0 Å². The molecule has 1 aromatic heterocycles. The van der Waals surface area contributed by atoms with Gasteiger partial charge in [-0.1, -0.05) is 29.8 Å². The van der Waals surface area contributed by atoms with Crippen LogP contribution < -0.4 is 0 Å². The molecule has 4 rings (SSSR count). The number of phenols is 2. The summed E-state index contributed by atoms with van der Waals surface area (Å²) in [7, 11) is 1.42. The molecule has 0 saturated carbocycles. The molecule has 1 atom stereocenters. The molecule has 0 aliphatic carbocycles. The molecular formula is C23H22ClNO6S. The Bertz CT molecular complexity index is 1120. The van der Waals surface area contributed by atoms with Gasteiger partial charge in [0.1, 0.15) is 23.1 Å². The van der Waals surface area contributed by atoms with Crippen LogP contribution in [0.2, 0.25) is 5.02 Å². The predicted octanol–water partition coefficient (Wildman–Crippen LogP) is 4.47. The van der Waals surface area contributed by atoms with Gasteiger partial charge in [-0.05, 0) is 53.3 Å². The quantitative estimate of drug-likeness (QED) is 0.377. The molecule has 32 heavy (non-hydrogen) atoms. The van der Waals surface area contributed by atoms with E-state index in [1.54, 1.807) is 11.3 Å². The van der Waals surface area contributed by atoms with Gasteiger partial charge in [-0.2, -0.15) is 0 Å². The highest BCUT2D eigenvalue weighted by Crippen LogP contribution is 2.33. The lowest BCUT2D eigenvalue weighted by atomic mass is 10.0. The van der Waals surface area contributed by atoms with Gasteiger partial charge in [-0.15, -0.1) is 11.3 Å². The summed E-state index contributed by atoms with van der Waals surface area (Å²) in [5.41, 5.74) is 1.81. The van der Waals surface area contributed by atoms with Crippen molar-refractivity contribution in [1.29, 1.82) is 0 Å². The van der Waals surface area contributed by atoms with Gasteiger partial charge in [0.25, 0.3) is 0 Å². The minimum Gasteiger partial charge on any atom is -0.508 e. The number of carboxylic acids is 1. The minimum absolute atomic E-state index is 0.180. The molecule has 2 heterocycles. The number of carbonyl (C=O) groups is 2. The van der Waals surface area contributed by atoms with Gasteiger partial charge >= 0.3 is 11.9 Å². The van der Waals surface area contributed by atoms with Crippen molar-refractivity contribution in [3.8, 4) is 11.5 Å². The van der Waals surface area contributed by atoms with Gasteiger partial charge in [0.05, 0.1) is 7.11 Å². The van der Waals surface area contributed by atoms with E-state index in [2.05, 4.69) is 16.3 Å². The Morgan fingerprint density at radius 2 is 1.91 bits per heavy atom. The molecule has 0 saturated heterocycles. The highest BCUT2D eigenvalue weighted by molar-refractivity contribution is 7.10. The molecule has 0 fully saturated rings. The summed E-state index contributed by atoms with van der Waals surface area (Å²) in [4.78, 5) is 26.1. The zero-order valence-electron chi connectivity index (χ0n) is 17.2. The number of halogens is 1. The predicted molar refractivity (Wildman–Crippen MR) is 121 cm³/mol. The summed E-state index contributed by atoms with van der Waals surface area (Å²) in [5, 5.41) is 28.9. The van der Waals surface area contributed by atoms with Crippen molar-refractivity contribution in [2.24, 2.45) is 0 Å². The van der Waals surface area contributed by atoms with Gasteiger partial charge in [0, 0.05) is 23.0 Å². The van der Waals surface area contributed by atoms with Crippen LogP contribution in [0.5, 0.6) is 11.5 Å². The van der Waals surface area contributed by atoms with Crippen LogP contribution in [-0.2, 0) is 22.5 Å². The second-order valence-corrected chi connectivity index (χ2v) is 8.45. The lowest BCUT2D eigenvalue weighted by Gasteiger charge is -2.33. The van der Waals surface area contributed by atoms with Gasteiger partial charge in [-0.25, -0.2) is 9.59 Å². The molecule has 1 aliphatic rings. The summed E-state index contributed by atoms with van der Waals surface area (Å²) in [6, 6.07) is 12.5. The van der Waals surface area contributed by atoms with Crippen LogP contribution in [0.25, 0.3) is 0 Å². The first-order valence-corrected chi connectivity index (χ1v) is 10.9. The number of phenolic OH excluding ortho intramolecular Hbond substituents is 1. The topological polar surface area (TPSA) is 107 Å². The molecule has 168 valence electrons. The van der Waals surface area contributed by atoms with E-state index in [1.807, 2.05) is 24.3 Å². The van der Waals surface area contributed by atoms with E-state index in [-0.39, 0.29) is 23.0 Å². The van der Waals surface area contributed by atoms with Crippen molar-refractivity contribution in [1.82, 2.24) is 4.90 Å². The van der Waals surface area contributed by atoms with Crippen molar-refractivity contribution in [3.05, 3.63) is 80.5 Å². The van der Waals surface area contributed by atoms with E-state index >= 15 is 0 Å². The third-order valence-electron chi connectivity index (χ3n) is 5.04. The number of aromatic carboxylic acids is 1. The Hall–Kier alpha value is -3.07. The van der Waals surface area contributed by atoms with E-state index in [0.29, 0.717) is 5.02 Å². The number of thiophene rings is 1. The molecule has 0 unspecified atom stereocenters. The number of hydrogen-bond donors (Lipinski definition) is 3. The SMILES string of the molecule is COC(=O)[C@@H](c1ccccc1Cl)N1CCc2sccc2C1.O=C(O)c1cc(O)ccc1O. The lowest BCUT2D eigenvalue weighted by molar-refractivity contribution is -0.147. The molecule has 0 bridgehead atoms. The Morgan fingerprint density at radius 3 is 2.56 bits per heavy atom. The van der Waals surface area contributed by atoms with Crippen LogP contribution in [0, 0.1) is 0 Å². The standard InChI is InChI=1S/C16H16ClNO2S.C7H6O4/c1-20-16(19)15(12-4-2-3-5-13(12)17)18-8-6-14-11(10-18)7-9-21-14;8-4-1-2-6(9)5(3-4)7(10)11/h2-5,7,9,15H,6,8,10H2,1H3;1-3,8-9H,(H,10,11)/t15-;/m1./s1. The number of carbonyl (C=O) groups excluding carboxylic acids is 1. The van der Waals surface area contributed by atoms with E-state index in [1.165, 1.54) is 23.6 Å². The maximum absolute atomic E-state index is 12.3. The summed E-state index contributed by atoms with van der Waals surface area (Å²) < 4.78 is 5.01. The fraction of sp³-hybridized carbons (Fsp3) is 0.217. The average Bonchev–Trinajstić information content (AvgIpc) is 3.25. The van der Waals surface area contributed by atoms with Crippen LogP contribution in [-0.4, -0.2) is 45.8 Å². The molecule has 2 aromatic carbocycles. The van der Waals surface area contributed by atoms with E-state index in [0.717, 1.165) is 37.2 Å². The molecular weight excluding hydrogens is 454 g/mol. The first kappa shape index (κ1) is 23.6. The number of benzene rings is 2. The molecule has 1 aliphatic heterocycles. The zero-order chi connectivity index (χ0) is 23.3. The van der Waals surface area contributed by atoms with Gasteiger partial charge in [0.2, 0.25) is 0 Å². The number of carboxylic acid groups (broad SMARTS) is 1. The third-order valence-corrected chi connectivity index (χ3v) is 6.40. The molecule has 7 nitrogen and oxygen atoms in total. The number of hydrogen-bond acceptors (Lipinski definition) is 7. The normalized spacial score (nSPS) is 13.9. The van der Waals surface area contributed by atoms with Crippen LogP contribution >= 0.6 is 22.9 Å². The number of nitrogens with zero attached hydrogens (tertiary/aromatic N) is 1. The van der Waals surface area contributed by atoms with Crippen LogP contribution in [0.4, 0.5) is 0 Å². The fourth-order valence-electron chi connectivity index (χ4n) is 3.47. The molecule has 3 aromatic rings. The highest BCUT2D eigenvalue weighted by Gasteiger charge is 2.32. The zero-order valence-corrected chi connectivity index (χ0v) is 18.8. The van der Waals surface area contributed by atoms with Gasteiger partial charge in [-0.3, -0.25) is 4.90 Å². The first-order chi connectivity index (χ1) is 15.3. The van der Waals surface area contributed by atoms with Gasteiger partial charge in [0.15, 0.2) is 0 Å². The lowest BCUT2D eigenvalue weighted by Crippen LogP contribution is -2.38. The van der Waals surface area contributed by atoms with Crippen LogP contribution in [0.15, 0.2) is 53.9 Å². The third kappa shape index (κ3) is 5.40. The Balaban J connectivity index is 0.000000222. The van der Waals surface area contributed by atoms with Crippen molar-refractivity contribution >= 4 is 34.9 Å². The Kier molecular flexibility index (Phi) is 7.74. The van der Waals surface area contributed by atoms with Crippen molar-refractivity contribution in [2.75, 3.05) is 13.7 Å². The number of fused-ring (bicyclic) bond motifs is 1. The van der Waals surface area contributed by atoms with Crippen LogP contribution in [0.3, 0.4) is 0 Å². The maximum atomic E-state index is 12.3. The Labute approximate surface area is 194 Å². The summed E-state index contributed by atoms with van der Waals surface area (Å²) in [5.74, 6) is -2.06. The summed E-state index contributed by atoms with van der Waals surface area (Å²) in [6.45, 7) is 1.59. The molecule has 0 amide bonds. The molecule has 9 heteroatoms. The number of ether oxygens (including phenoxy) is 1. The molecule has 0 radical (unpaired) electrons. The number of aromatic hydroxyl groups is 2. The fourth-order valence-corrected chi connectivity index (χ4v) is 4.60. The van der Waals surface area contributed by atoms with E-state index in [4.69, 9.17) is 31.7 Å². The minimum atomic E-state index is -1.27. The summed E-state index contributed by atoms with van der Waals surface area (Å²) in [6.07, 6.45) is 0.963. The number of methoxy groups -OCH3 is 1. The second-order valence-electron chi connectivity index (χ2n) is 7.04. The van der Waals surface area contributed by atoms with E-state index < -0.39 is 12.0 Å². The average molecular weight is 476 g/mol. The van der Waals surface area contributed by atoms with Crippen LogP contribution in [0.1, 0.15) is 32.4 Å². The highest BCUT2D eigenvalue weighted by atomic mass is 35.5. The van der Waals surface area contributed by atoms with Crippen molar-refractivity contribution < 1.29 is 29.6 Å². The maximum Gasteiger partial charge on any atom is 0.339 e. The summed E-state index contributed by atoms with van der Waals surface area (Å²) >= 11 is 8.07. The molecule has 3 N–H and O–H groups in total. The number of esters is 1. The Morgan fingerprint density at radius 1 is 1.16 bits per heavy atom. The van der Waals surface area contributed by atoms with E-state index in [9.17, 15) is 9.59 Å². The smallest absolute Gasteiger partial charge is 0.339 e.